The summed E-state index contributed by atoms with van der Waals surface area (Å²) in [6.07, 6.45) is 0.122. The van der Waals surface area contributed by atoms with Gasteiger partial charge >= 0.3 is 0 Å². The second kappa shape index (κ2) is 12.4. The molecule has 0 saturated heterocycles. The molecule has 0 bridgehead atoms. The van der Waals surface area contributed by atoms with Gasteiger partial charge in [-0.15, -0.1) is 0 Å². The van der Waals surface area contributed by atoms with E-state index in [1.807, 2.05) is 60.7 Å². The molecule has 2 amide bonds. The molecule has 1 atom stereocenters. The van der Waals surface area contributed by atoms with E-state index >= 15 is 0 Å². The van der Waals surface area contributed by atoms with Gasteiger partial charge < -0.3 is 20.5 Å². The number of benzene rings is 4. The third kappa shape index (κ3) is 7.41. The first-order chi connectivity index (χ1) is 18.0. The lowest BCUT2D eigenvalue weighted by Gasteiger charge is -2.18. The van der Waals surface area contributed by atoms with Gasteiger partial charge in [-0.25, -0.2) is 4.39 Å². The minimum atomic E-state index is -1.01. The number of carbonyl (C=O) groups is 2. The smallest absolute Gasteiger partial charge is 0.252 e. The van der Waals surface area contributed by atoms with Crippen LogP contribution in [0.2, 0.25) is 0 Å². The van der Waals surface area contributed by atoms with Gasteiger partial charge in [0.25, 0.3) is 5.91 Å². The van der Waals surface area contributed by atoms with Crippen LogP contribution in [-0.2, 0) is 24.4 Å². The van der Waals surface area contributed by atoms with Crippen molar-refractivity contribution in [3.63, 3.8) is 0 Å². The highest BCUT2D eigenvalue weighted by atomic mass is 19.1. The summed E-state index contributed by atoms with van der Waals surface area (Å²) < 4.78 is 25.6. The van der Waals surface area contributed by atoms with Gasteiger partial charge in [0.15, 0.2) is 11.5 Å². The fourth-order valence-corrected chi connectivity index (χ4v) is 3.71. The SMILES string of the molecule is NC(=O)[C@H](Cc1ccc(OCc2ccccc2)c(OCc2ccccc2)c1)NC(=O)c1cccc(F)c1. The molecule has 0 spiro atoms. The van der Waals surface area contributed by atoms with E-state index in [0.717, 1.165) is 17.2 Å². The number of rotatable bonds is 11. The maximum atomic E-state index is 13.5. The Kier molecular flexibility index (Phi) is 8.49. The number of halogens is 1. The largest absolute Gasteiger partial charge is 0.485 e. The average molecular weight is 499 g/mol. The second-order valence-corrected chi connectivity index (χ2v) is 8.47. The summed E-state index contributed by atoms with van der Waals surface area (Å²) in [5.41, 5.74) is 8.37. The van der Waals surface area contributed by atoms with Crippen LogP contribution in [0, 0.1) is 5.82 Å². The van der Waals surface area contributed by atoms with Crippen molar-refractivity contribution >= 4 is 11.8 Å². The zero-order valence-corrected chi connectivity index (χ0v) is 20.1. The first-order valence-corrected chi connectivity index (χ1v) is 11.8. The van der Waals surface area contributed by atoms with Gasteiger partial charge in [0.2, 0.25) is 5.91 Å². The van der Waals surface area contributed by atoms with Crippen molar-refractivity contribution in [3.8, 4) is 11.5 Å². The van der Waals surface area contributed by atoms with Gasteiger partial charge in [0.1, 0.15) is 25.1 Å². The minimum absolute atomic E-state index is 0.0998. The van der Waals surface area contributed by atoms with Gasteiger partial charge in [-0.3, -0.25) is 9.59 Å². The number of ether oxygens (including phenoxy) is 2. The minimum Gasteiger partial charge on any atom is -0.485 e. The van der Waals surface area contributed by atoms with Crippen LogP contribution in [0.5, 0.6) is 11.5 Å². The Labute approximate surface area is 214 Å². The summed E-state index contributed by atoms with van der Waals surface area (Å²) >= 11 is 0. The van der Waals surface area contributed by atoms with E-state index in [1.165, 1.54) is 18.2 Å². The Hall–Kier alpha value is -4.65. The number of nitrogens with one attached hydrogen (secondary N) is 1. The lowest BCUT2D eigenvalue weighted by Crippen LogP contribution is -2.45. The van der Waals surface area contributed by atoms with Crippen LogP contribution in [0.1, 0.15) is 27.0 Å². The van der Waals surface area contributed by atoms with Crippen molar-refractivity contribution in [2.45, 2.75) is 25.7 Å². The molecule has 0 aliphatic rings. The molecule has 4 aromatic rings. The number of amides is 2. The van der Waals surface area contributed by atoms with Crippen molar-refractivity contribution in [2.24, 2.45) is 5.73 Å². The monoisotopic (exact) mass is 498 g/mol. The number of nitrogens with two attached hydrogens (primary N) is 1. The third-order valence-electron chi connectivity index (χ3n) is 5.66. The standard InChI is InChI=1S/C30H27FN2O4/c31-25-13-7-12-24(18-25)30(35)33-26(29(32)34)16-23-14-15-27(36-19-21-8-3-1-4-9-21)28(17-23)37-20-22-10-5-2-6-11-22/h1-15,17-18,26H,16,19-20H2,(H2,32,34)(H,33,35)/t26-/m0/s1. The molecule has 0 aromatic heterocycles. The van der Waals surface area contributed by atoms with E-state index in [9.17, 15) is 14.0 Å². The van der Waals surface area contributed by atoms with Crippen molar-refractivity contribution in [1.82, 2.24) is 5.32 Å². The third-order valence-corrected chi connectivity index (χ3v) is 5.66. The maximum Gasteiger partial charge on any atom is 0.252 e. The Bertz CT molecular complexity index is 1350. The lowest BCUT2D eigenvalue weighted by atomic mass is 10.0. The molecule has 37 heavy (non-hydrogen) atoms. The number of hydrogen-bond acceptors (Lipinski definition) is 4. The van der Waals surface area contributed by atoms with Crippen molar-refractivity contribution < 1.29 is 23.5 Å². The summed E-state index contributed by atoms with van der Waals surface area (Å²) in [6.45, 7) is 0.678. The molecular weight excluding hydrogens is 471 g/mol. The normalized spacial score (nSPS) is 11.4. The lowest BCUT2D eigenvalue weighted by molar-refractivity contribution is -0.119. The van der Waals surface area contributed by atoms with E-state index < -0.39 is 23.7 Å². The highest BCUT2D eigenvalue weighted by Crippen LogP contribution is 2.30. The van der Waals surface area contributed by atoms with Crippen LogP contribution >= 0.6 is 0 Å². The van der Waals surface area contributed by atoms with Gasteiger partial charge in [0, 0.05) is 12.0 Å². The molecule has 0 saturated carbocycles. The van der Waals surface area contributed by atoms with E-state index in [1.54, 1.807) is 18.2 Å². The zero-order chi connectivity index (χ0) is 26.0. The molecule has 7 heteroatoms. The average Bonchev–Trinajstić information content (AvgIpc) is 2.92. The Morgan fingerprint density at radius 1 is 0.730 bits per heavy atom. The Morgan fingerprint density at radius 3 is 1.95 bits per heavy atom. The van der Waals surface area contributed by atoms with Gasteiger partial charge in [-0.05, 0) is 47.0 Å². The van der Waals surface area contributed by atoms with E-state index in [-0.39, 0.29) is 12.0 Å². The fourth-order valence-electron chi connectivity index (χ4n) is 3.71. The predicted molar refractivity (Wildman–Crippen MR) is 139 cm³/mol. The molecule has 0 unspecified atom stereocenters. The molecule has 188 valence electrons. The van der Waals surface area contributed by atoms with Crippen LogP contribution in [0.25, 0.3) is 0 Å². The number of primary amides is 1. The summed E-state index contributed by atoms with van der Waals surface area (Å²) in [7, 11) is 0. The maximum absolute atomic E-state index is 13.5. The fraction of sp³-hybridized carbons (Fsp3) is 0.133. The number of carbonyl (C=O) groups excluding carboxylic acids is 2. The first kappa shape index (κ1) is 25.4. The molecule has 0 radical (unpaired) electrons. The summed E-state index contributed by atoms with van der Waals surface area (Å²) in [4.78, 5) is 24.7. The molecule has 0 fully saturated rings. The van der Waals surface area contributed by atoms with Crippen molar-refractivity contribution in [2.75, 3.05) is 0 Å². The molecule has 0 aliphatic carbocycles. The summed E-state index contributed by atoms with van der Waals surface area (Å²) in [5.74, 6) is -0.804. The van der Waals surface area contributed by atoms with Crippen LogP contribution in [-0.4, -0.2) is 17.9 Å². The van der Waals surface area contributed by atoms with Crippen LogP contribution in [0.15, 0.2) is 103 Å². The molecule has 4 aromatic carbocycles. The summed E-state index contributed by atoms with van der Waals surface area (Å²) in [6, 6.07) is 29.0. The van der Waals surface area contributed by atoms with Crippen LogP contribution in [0.4, 0.5) is 4.39 Å². The zero-order valence-electron chi connectivity index (χ0n) is 20.1. The van der Waals surface area contributed by atoms with E-state index in [2.05, 4.69) is 5.32 Å². The van der Waals surface area contributed by atoms with Crippen LogP contribution in [0.3, 0.4) is 0 Å². The topological polar surface area (TPSA) is 90.7 Å². The molecular formula is C30H27FN2O4. The quantitative estimate of drug-likeness (QED) is 0.311. The molecule has 3 N–H and O–H groups in total. The highest BCUT2D eigenvalue weighted by molar-refractivity contribution is 5.97. The van der Waals surface area contributed by atoms with E-state index in [0.29, 0.717) is 30.3 Å². The molecule has 4 rings (SSSR count). The van der Waals surface area contributed by atoms with Crippen LogP contribution < -0.4 is 20.5 Å². The first-order valence-electron chi connectivity index (χ1n) is 11.8. The molecule has 0 aliphatic heterocycles. The van der Waals surface area contributed by atoms with Crippen molar-refractivity contribution in [3.05, 3.63) is 131 Å². The number of hydrogen-bond donors (Lipinski definition) is 2. The molecule has 6 nitrogen and oxygen atoms in total. The van der Waals surface area contributed by atoms with Gasteiger partial charge in [0.05, 0.1) is 0 Å². The van der Waals surface area contributed by atoms with Gasteiger partial charge in [-0.2, -0.15) is 0 Å². The van der Waals surface area contributed by atoms with Crippen molar-refractivity contribution in [1.29, 1.82) is 0 Å². The molecule has 0 heterocycles. The highest BCUT2D eigenvalue weighted by Gasteiger charge is 2.21. The Morgan fingerprint density at radius 2 is 1.35 bits per heavy atom. The van der Waals surface area contributed by atoms with E-state index in [4.69, 9.17) is 15.2 Å². The van der Waals surface area contributed by atoms with Gasteiger partial charge in [-0.1, -0.05) is 72.8 Å². The second-order valence-electron chi connectivity index (χ2n) is 8.47. The Balaban J connectivity index is 1.52. The predicted octanol–water partition coefficient (Wildman–Crippen LogP) is 4.81. The summed E-state index contributed by atoms with van der Waals surface area (Å²) in [5, 5.41) is 2.59.